The van der Waals surface area contributed by atoms with Crippen molar-refractivity contribution in [1.29, 1.82) is 0 Å². The Morgan fingerprint density at radius 3 is 2.54 bits per heavy atom. The monoisotopic (exact) mass is 367 g/mol. The summed E-state index contributed by atoms with van der Waals surface area (Å²) in [5.74, 6) is -0.724. The molecule has 6 nitrogen and oxygen atoms in total. The summed E-state index contributed by atoms with van der Waals surface area (Å²) < 4.78 is 4.65. The minimum atomic E-state index is -0.544. The number of nitrogens with zero attached hydrogens (tertiary/aromatic N) is 2. The van der Waals surface area contributed by atoms with Gasteiger partial charge in [-0.1, -0.05) is 41.1 Å². The quantitative estimate of drug-likeness (QED) is 0.821. The van der Waals surface area contributed by atoms with Gasteiger partial charge in [-0.05, 0) is 25.0 Å². The summed E-state index contributed by atoms with van der Waals surface area (Å²) in [5.41, 5.74) is 2.80. The number of esters is 1. The van der Waals surface area contributed by atoms with Crippen LogP contribution in [0, 0.1) is 13.8 Å². The standard InChI is InChI=1S/C16H18ClN3O3S/c1-9-6-5-7-10(2)12(9)18-11(21)8-20(3)16-19-14(17)13(24-16)15(22)23-4/h5-7H,8H2,1-4H3,(H,18,21). The molecule has 1 aromatic carbocycles. The summed E-state index contributed by atoms with van der Waals surface area (Å²) in [6, 6.07) is 5.82. The summed E-state index contributed by atoms with van der Waals surface area (Å²) >= 11 is 7.02. The molecule has 0 radical (unpaired) electrons. The number of methoxy groups -OCH3 is 1. The number of ether oxygens (including phenoxy) is 1. The van der Waals surface area contributed by atoms with E-state index in [2.05, 4.69) is 15.0 Å². The molecular weight excluding hydrogens is 350 g/mol. The maximum absolute atomic E-state index is 12.3. The molecule has 0 atom stereocenters. The second kappa shape index (κ2) is 7.63. The molecule has 0 aliphatic heterocycles. The molecule has 0 saturated heterocycles. The number of carbonyl (C=O) groups is 2. The van der Waals surface area contributed by atoms with E-state index in [-0.39, 0.29) is 22.5 Å². The van der Waals surface area contributed by atoms with E-state index in [4.69, 9.17) is 11.6 Å². The van der Waals surface area contributed by atoms with E-state index < -0.39 is 5.97 Å². The van der Waals surface area contributed by atoms with Crippen molar-refractivity contribution in [3.8, 4) is 0 Å². The molecule has 2 aromatic rings. The van der Waals surface area contributed by atoms with Crippen LogP contribution >= 0.6 is 22.9 Å². The Kier molecular flexibility index (Phi) is 5.80. The summed E-state index contributed by atoms with van der Waals surface area (Å²) in [6.45, 7) is 3.96. The van der Waals surface area contributed by atoms with Gasteiger partial charge in [0.15, 0.2) is 15.2 Å². The van der Waals surface area contributed by atoms with Gasteiger partial charge in [0.2, 0.25) is 5.91 Å². The first-order valence-electron chi connectivity index (χ1n) is 7.15. The molecule has 0 saturated carbocycles. The highest BCUT2D eigenvalue weighted by Gasteiger charge is 2.20. The largest absolute Gasteiger partial charge is 0.465 e. The van der Waals surface area contributed by atoms with Crippen molar-refractivity contribution in [2.75, 3.05) is 30.9 Å². The first-order chi connectivity index (χ1) is 11.3. The van der Waals surface area contributed by atoms with Crippen LogP contribution in [0.5, 0.6) is 0 Å². The van der Waals surface area contributed by atoms with Crippen LogP contribution in [-0.4, -0.2) is 37.6 Å². The predicted octanol–water partition coefficient (Wildman–Crippen LogP) is 3.27. The van der Waals surface area contributed by atoms with Crippen LogP contribution in [0.3, 0.4) is 0 Å². The number of aromatic nitrogens is 1. The van der Waals surface area contributed by atoms with Gasteiger partial charge in [0.25, 0.3) is 0 Å². The zero-order chi connectivity index (χ0) is 17.9. The predicted molar refractivity (Wildman–Crippen MR) is 96.3 cm³/mol. The van der Waals surface area contributed by atoms with Gasteiger partial charge >= 0.3 is 5.97 Å². The zero-order valence-electron chi connectivity index (χ0n) is 13.8. The van der Waals surface area contributed by atoms with Gasteiger partial charge in [0, 0.05) is 12.7 Å². The van der Waals surface area contributed by atoms with Gasteiger partial charge in [-0.15, -0.1) is 0 Å². The van der Waals surface area contributed by atoms with Crippen molar-refractivity contribution in [1.82, 2.24) is 4.98 Å². The van der Waals surface area contributed by atoms with E-state index in [0.717, 1.165) is 28.2 Å². The molecule has 1 heterocycles. The van der Waals surface area contributed by atoms with Crippen molar-refractivity contribution >= 4 is 45.6 Å². The van der Waals surface area contributed by atoms with Gasteiger partial charge in [-0.25, -0.2) is 9.78 Å². The lowest BCUT2D eigenvalue weighted by Gasteiger charge is -2.17. The van der Waals surface area contributed by atoms with Crippen molar-refractivity contribution in [3.05, 3.63) is 39.4 Å². The number of benzene rings is 1. The van der Waals surface area contributed by atoms with E-state index in [9.17, 15) is 9.59 Å². The number of rotatable bonds is 5. The maximum atomic E-state index is 12.3. The number of anilines is 2. The van der Waals surface area contributed by atoms with Gasteiger partial charge in [-0.3, -0.25) is 4.79 Å². The number of carbonyl (C=O) groups excluding carboxylic acids is 2. The van der Waals surface area contributed by atoms with Gasteiger partial charge < -0.3 is 15.0 Å². The van der Waals surface area contributed by atoms with Crippen LogP contribution in [0.15, 0.2) is 18.2 Å². The minimum absolute atomic E-state index is 0.0730. The number of aryl methyl sites for hydroxylation is 2. The lowest BCUT2D eigenvalue weighted by atomic mass is 10.1. The highest BCUT2D eigenvalue weighted by molar-refractivity contribution is 7.18. The molecule has 0 aliphatic rings. The smallest absolute Gasteiger partial charge is 0.351 e. The van der Waals surface area contributed by atoms with Crippen molar-refractivity contribution in [3.63, 3.8) is 0 Å². The fourth-order valence-electron chi connectivity index (χ4n) is 2.15. The van der Waals surface area contributed by atoms with Gasteiger partial charge in [0.1, 0.15) is 0 Å². The summed E-state index contributed by atoms with van der Waals surface area (Å²) in [6.07, 6.45) is 0. The van der Waals surface area contributed by atoms with Crippen molar-refractivity contribution in [2.45, 2.75) is 13.8 Å². The van der Waals surface area contributed by atoms with E-state index in [1.54, 1.807) is 11.9 Å². The van der Waals surface area contributed by atoms with Gasteiger partial charge in [0.05, 0.1) is 13.7 Å². The molecule has 1 N–H and O–H groups in total. The lowest BCUT2D eigenvalue weighted by molar-refractivity contribution is -0.114. The Bertz CT molecular complexity index is 756. The molecule has 24 heavy (non-hydrogen) atoms. The minimum Gasteiger partial charge on any atom is -0.465 e. The van der Waals surface area contributed by atoms with Crippen LogP contribution in [0.25, 0.3) is 0 Å². The Balaban J connectivity index is 2.08. The third kappa shape index (κ3) is 4.04. The number of halogens is 1. The molecular formula is C16H18ClN3O3S. The summed E-state index contributed by atoms with van der Waals surface area (Å²) in [4.78, 5) is 29.8. The highest BCUT2D eigenvalue weighted by atomic mass is 35.5. The van der Waals surface area contributed by atoms with Gasteiger partial charge in [-0.2, -0.15) is 0 Å². The fraction of sp³-hybridized carbons (Fsp3) is 0.312. The second-order valence-electron chi connectivity index (χ2n) is 5.28. The van der Waals surface area contributed by atoms with E-state index in [0.29, 0.717) is 5.13 Å². The fourth-order valence-corrected chi connectivity index (χ4v) is 3.31. The molecule has 8 heteroatoms. The normalized spacial score (nSPS) is 10.4. The third-order valence-electron chi connectivity index (χ3n) is 3.40. The third-order valence-corrected chi connectivity index (χ3v) is 4.93. The number of hydrogen-bond acceptors (Lipinski definition) is 6. The molecule has 0 aliphatic carbocycles. The number of likely N-dealkylation sites (N-methyl/N-ethyl adjacent to an activating group) is 1. The molecule has 0 fully saturated rings. The summed E-state index contributed by atoms with van der Waals surface area (Å²) in [5, 5.41) is 3.45. The number of amides is 1. The average Bonchev–Trinajstić information content (AvgIpc) is 2.92. The van der Waals surface area contributed by atoms with Crippen LogP contribution < -0.4 is 10.2 Å². The van der Waals surface area contributed by atoms with Crippen LogP contribution in [0.1, 0.15) is 20.8 Å². The molecule has 2 rings (SSSR count). The van der Waals surface area contributed by atoms with E-state index >= 15 is 0 Å². The number of hydrogen-bond donors (Lipinski definition) is 1. The molecule has 0 spiro atoms. The Labute approximate surface area is 149 Å². The Morgan fingerprint density at radius 1 is 1.33 bits per heavy atom. The zero-order valence-corrected chi connectivity index (χ0v) is 15.4. The highest BCUT2D eigenvalue weighted by Crippen LogP contribution is 2.29. The molecule has 0 bridgehead atoms. The van der Waals surface area contributed by atoms with Crippen molar-refractivity contribution in [2.24, 2.45) is 0 Å². The molecule has 0 unspecified atom stereocenters. The molecule has 1 amide bonds. The Morgan fingerprint density at radius 2 is 1.96 bits per heavy atom. The molecule has 128 valence electrons. The van der Waals surface area contributed by atoms with Crippen LogP contribution in [0.2, 0.25) is 5.15 Å². The SMILES string of the molecule is COC(=O)c1sc(N(C)CC(=O)Nc2c(C)cccc2C)nc1Cl. The molecule has 1 aromatic heterocycles. The maximum Gasteiger partial charge on any atom is 0.351 e. The number of thiazole rings is 1. The summed E-state index contributed by atoms with van der Waals surface area (Å²) in [7, 11) is 2.99. The first-order valence-corrected chi connectivity index (χ1v) is 8.34. The number of nitrogens with one attached hydrogen (secondary N) is 1. The average molecular weight is 368 g/mol. The van der Waals surface area contributed by atoms with Crippen LogP contribution in [-0.2, 0) is 9.53 Å². The van der Waals surface area contributed by atoms with E-state index in [1.165, 1.54) is 7.11 Å². The van der Waals surface area contributed by atoms with E-state index in [1.807, 2.05) is 32.0 Å². The topological polar surface area (TPSA) is 71.5 Å². The second-order valence-corrected chi connectivity index (χ2v) is 6.61. The van der Waals surface area contributed by atoms with Crippen LogP contribution in [0.4, 0.5) is 10.8 Å². The number of para-hydroxylation sites is 1. The lowest BCUT2D eigenvalue weighted by Crippen LogP contribution is -2.30. The van der Waals surface area contributed by atoms with Crippen molar-refractivity contribution < 1.29 is 14.3 Å². The Hall–Kier alpha value is -2.12. The first kappa shape index (κ1) is 18.2.